The van der Waals surface area contributed by atoms with Crippen molar-refractivity contribution >= 4 is 5.84 Å². The summed E-state index contributed by atoms with van der Waals surface area (Å²) in [6.07, 6.45) is -4.56. The average molecular weight is 321 g/mol. The number of ether oxygens (including phenoxy) is 1. The first-order valence-electron chi connectivity index (χ1n) is 6.94. The standard InChI is InChI=1S/C16H14F3N3O/c1-8-4-11(22-12(5-8)15(20)21)14-7-9-6-10(16(17,18)19)2-3-13(9)23-14/h2-6,14H,7H2,1H3,(H3,20,21). The van der Waals surface area contributed by atoms with E-state index in [1.165, 1.54) is 6.07 Å². The zero-order chi connectivity index (χ0) is 16.8. The number of fused-ring (bicyclic) bond motifs is 1. The third-order valence-corrected chi connectivity index (χ3v) is 3.66. The Labute approximate surface area is 130 Å². The second-order valence-electron chi connectivity index (χ2n) is 5.50. The van der Waals surface area contributed by atoms with Crippen molar-refractivity contribution in [2.24, 2.45) is 5.73 Å². The number of aromatic nitrogens is 1. The predicted octanol–water partition coefficient (Wildman–Crippen LogP) is 3.37. The monoisotopic (exact) mass is 321 g/mol. The molecule has 120 valence electrons. The first kappa shape index (κ1) is 15.3. The van der Waals surface area contributed by atoms with Crippen LogP contribution in [0.2, 0.25) is 0 Å². The number of halogens is 3. The molecule has 1 aromatic carbocycles. The summed E-state index contributed by atoms with van der Waals surface area (Å²) in [7, 11) is 0. The lowest BCUT2D eigenvalue weighted by atomic mass is 10.0. The highest BCUT2D eigenvalue weighted by Crippen LogP contribution is 2.40. The van der Waals surface area contributed by atoms with E-state index < -0.39 is 17.8 Å². The molecule has 3 rings (SSSR count). The second kappa shape index (κ2) is 5.26. The topological polar surface area (TPSA) is 72.0 Å². The number of amidine groups is 1. The molecule has 2 aromatic rings. The van der Waals surface area contributed by atoms with Gasteiger partial charge in [-0.3, -0.25) is 5.41 Å². The van der Waals surface area contributed by atoms with Crippen LogP contribution in [0.15, 0.2) is 30.3 Å². The van der Waals surface area contributed by atoms with E-state index in [4.69, 9.17) is 15.9 Å². The van der Waals surface area contributed by atoms with Gasteiger partial charge in [-0.15, -0.1) is 0 Å². The molecule has 0 radical (unpaired) electrons. The molecule has 1 atom stereocenters. The van der Waals surface area contributed by atoms with Crippen molar-refractivity contribution in [3.63, 3.8) is 0 Å². The third kappa shape index (κ3) is 2.99. The minimum Gasteiger partial charge on any atom is -0.483 e. The molecular weight excluding hydrogens is 307 g/mol. The zero-order valence-corrected chi connectivity index (χ0v) is 12.2. The van der Waals surface area contributed by atoms with E-state index in [0.29, 0.717) is 29.1 Å². The van der Waals surface area contributed by atoms with Crippen LogP contribution in [0.4, 0.5) is 13.2 Å². The van der Waals surface area contributed by atoms with E-state index in [1.54, 1.807) is 12.1 Å². The molecule has 1 aliphatic heterocycles. The lowest BCUT2D eigenvalue weighted by Crippen LogP contribution is -2.16. The maximum Gasteiger partial charge on any atom is 0.416 e. The maximum atomic E-state index is 12.8. The zero-order valence-electron chi connectivity index (χ0n) is 12.2. The summed E-state index contributed by atoms with van der Waals surface area (Å²) in [5.41, 5.74) is 7.00. The number of aryl methyl sites for hydroxylation is 1. The lowest BCUT2D eigenvalue weighted by Gasteiger charge is -2.12. The Bertz CT molecular complexity index is 787. The molecule has 0 bridgehead atoms. The maximum absolute atomic E-state index is 12.8. The van der Waals surface area contributed by atoms with Gasteiger partial charge in [0.15, 0.2) is 0 Å². The Kier molecular flexibility index (Phi) is 3.50. The molecule has 0 amide bonds. The van der Waals surface area contributed by atoms with Crippen LogP contribution in [0.1, 0.15) is 34.2 Å². The van der Waals surface area contributed by atoms with Gasteiger partial charge in [-0.05, 0) is 48.4 Å². The van der Waals surface area contributed by atoms with Crippen molar-refractivity contribution in [1.29, 1.82) is 5.41 Å². The number of benzene rings is 1. The number of pyridine rings is 1. The Hall–Kier alpha value is -2.57. The second-order valence-corrected chi connectivity index (χ2v) is 5.50. The van der Waals surface area contributed by atoms with Gasteiger partial charge in [-0.25, -0.2) is 4.98 Å². The van der Waals surface area contributed by atoms with Gasteiger partial charge in [0.05, 0.1) is 11.3 Å². The van der Waals surface area contributed by atoms with Crippen LogP contribution in [-0.4, -0.2) is 10.8 Å². The largest absolute Gasteiger partial charge is 0.483 e. The number of nitrogens with zero attached hydrogens (tertiary/aromatic N) is 1. The smallest absolute Gasteiger partial charge is 0.416 e. The highest BCUT2D eigenvalue weighted by Gasteiger charge is 2.33. The van der Waals surface area contributed by atoms with Gasteiger partial charge < -0.3 is 10.5 Å². The molecule has 1 aliphatic rings. The molecule has 23 heavy (non-hydrogen) atoms. The number of rotatable bonds is 2. The minimum atomic E-state index is -4.38. The van der Waals surface area contributed by atoms with Crippen LogP contribution in [0.25, 0.3) is 0 Å². The van der Waals surface area contributed by atoms with Gasteiger partial charge in [0, 0.05) is 6.42 Å². The number of hydrogen-bond donors (Lipinski definition) is 2. The quantitative estimate of drug-likeness (QED) is 0.658. The normalized spacial score (nSPS) is 16.8. The molecular formula is C16H14F3N3O. The summed E-state index contributed by atoms with van der Waals surface area (Å²) in [5, 5.41) is 7.47. The number of nitrogens with one attached hydrogen (secondary N) is 1. The molecule has 4 nitrogen and oxygen atoms in total. The van der Waals surface area contributed by atoms with Crippen molar-refractivity contribution in [1.82, 2.24) is 4.98 Å². The Balaban J connectivity index is 1.92. The molecule has 2 heterocycles. The summed E-state index contributed by atoms with van der Waals surface area (Å²) in [5.74, 6) is 0.264. The predicted molar refractivity (Wildman–Crippen MR) is 78.5 cm³/mol. The summed E-state index contributed by atoms with van der Waals surface area (Å²) < 4.78 is 44.1. The van der Waals surface area contributed by atoms with E-state index in [-0.39, 0.29) is 5.84 Å². The molecule has 1 aromatic heterocycles. The van der Waals surface area contributed by atoms with Gasteiger partial charge in [0.25, 0.3) is 0 Å². The molecule has 3 N–H and O–H groups in total. The van der Waals surface area contributed by atoms with E-state index in [0.717, 1.165) is 17.7 Å². The van der Waals surface area contributed by atoms with Crippen LogP contribution in [0.5, 0.6) is 5.75 Å². The number of nitrogen functional groups attached to an aromatic ring is 1. The number of hydrogen-bond acceptors (Lipinski definition) is 3. The highest BCUT2D eigenvalue weighted by molar-refractivity contribution is 5.93. The molecule has 0 saturated carbocycles. The average Bonchev–Trinajstić information content (AvgIpc) is 2.88. The fraction of sp³-hybridized carbons (Fsp3) is 0.250. The van der Waals surface area contributed by atoms with Crippen LogP contribution >= 0.6 is 0 Å². The minimum absolute atomic E-state index is 0.162. The Morgan fingerprint density at radius 1 is 1.30 bits per heavy atom. The molecule has 0 fully saturated rings. The molecule has 0 spiro atoms. The fourth-order valence-corrected chi connectivity index (χ4v) is 2.59. The number of alkyl halides is 3. The van der Waals surface area contributed by atoms with Gasteiger partial charge >= 0.3 is 6.18 Å². The third-order valence-electron chi connectivity index (χ3n) is 3.66. The van der Waals surface area contributed by atoms with Crippen molar-refractivity contribution in [3.8, 4) is 5.75 Å². The van der Waals surface area contributed by atoms with Gasteiger partial charge in [0.2, 0.25) is 0 Å². The Morgan fingerprint density at radius 3 is 2.70 bits per heavy atom. The van der Waals surface area contributed by atoms with Gasteiger partial charge in [-0.1, -0.05) is 0 Å². The lowest BCUT2D eigenvalue weighted by molar-refractivity contribution is -0.137. The van der Waals surface area contributed by atoms with E-state index in [9.17, 15) is 13.2 Å². The first-order chi connectivity index (χ1) is 10.7. The molecule has 7 heteroatoms. The first-order valence-corrected chi connectivity index (χ1v) is 6.94. The highest BCUT2D eigenvalue weighted by atomic mass is 19.4. The van der Waals surface area contributed by atoms with Crippen molar-refractivity contribution in [2.75, 3.05) is 0 Å². The van der Waals surface area contributed by atoms with Crippen LogP contribution < -0.4 is 10.5 Å². The van der Waals surface area contributed by atoms with Crippen molar-refractivity contribution in [3.05, 3.63) is 58.4 Å². The summed E-state index contributed by atoms with van der Waals surface area (Å²) in [4.78, 5) is 4.27. The molecule has 1 unspecified atom stereocenters. The summed E-state index contributed by atoms with van der Waals surface area (Å²) in [6, 6.07) is 6.91. The van der Waals surface area contributed by atoms with Crippen LogP contribution in [-0.2, 0) is 12.6 Å². The van der Waals surface area contributed by atoms with E-state index in [1.807, 2.05) is 6.92 Å². The van der Waals surface area contributed by atoms with Gasteiger partial charge in [-0.2, -0.15) is 13.2 Å². The van der Waals surface area contributed by atoms with Gasteiger partial charge in [0.1, 0.15) is 23.4 Å². The molecule has 0 aliphatic carbocycles. The van der Waals surface area contributed by atoms with Crippen LogP contribution in [0.3, 0.4) is 0 Å². The molecule has 0 saturated heterocycles. The summed E-state index contributed by atoms with van der Waals surface area (Å²) in [6.45, 7) is 1.83. The summed E-state index contributed by atoms with van der Waals surface area (Å²) >= 11 is 0. The number of nitrogens with two attached hydrogens (primary N) is 1. The van der Waals surface area contributed by atoms with Crippen molar-refractivity contribution in [2.45, 2.75) is 25.6 Å². The Morgan fingerprint density at radius 2 is 2.04 bits per heavy atom. The SMILES string of the molecule is Cc1cc(C(=N)N)nc(C2Cc3cc(C(F)(F)F)ccc3O2)c1. The van der Waals surface area contributed by atoms with E-state index >= 15 is 0 Å². The van der Waals surface area contributed by atoms with Crippen LogP contribution in [0, 0.1) is 12.3 Å². The fourth-order valence-electron chi connectivity index (χ4n) is 2.59. The van der Waals surface area contributed by atoms with Crippen molar-refractivity contribution < 1.29 is 17.9 Å². The van der Waals surface area contributed by atoms with E-state index in [2.05, 4.69) is 4.98 Å².